The highest BCUT2D eigenvalue weighted by molar-refractivity contribution is 9.11. The number of benzene rings is 2. The number of methoxy groups -OCH3 is 2. The molecule has 0 radical (unpaired) electrons. The van der Waals surface area contributed by atoms with Gasteiger partial charge in [-0.3, -0.25) is 0 Å². The molecule has 3 nitrogen and oxygen atoms in total. The summed E-state index contributed by atoms with van der Waals surface area (Å²) in [6.45, 7) is 0. The fraction of sp³-hybridized carbons (Fsp3) is 0.250. The Morgan fingerprint density at radius 3 is 2.10 bits per heavy atom. The zero-order valence-electron chi connectivity index (χ0n) is 12.1. The van der Waals surface area contributed by atoms with Gasteiger partial charge in [-0.2, -0.15) is 0 Å². The van der Waals surface area contributed by atoms with Gasteiger partial charge >= 0.3 is 0 Å². The molecule has 0 spiro atoms. The lowest BCUT2D eigenvalue weighted by atomic mass is 9.97. The molecule has 0 aliphatic heterocycles. The third-order valence-corrected chi connectivity index (χ3v) is 4.50. The Bertz CT molecular complexity index is 609. The van der Waals surface area contributed by atoms with Gasteiger partial charge in [0.2, 0.25) is 0 Å². The van der Waals surface area contributed by atoms with E-state index in [4.69, 9.17) is 9.47 Å². The Morgan fingerprint density at radius 1 is 1.00 bits per heavy atom. The molecule has 1 atom stereocenters. The van der Waals surface area contributed by atoms with Crippen molar-refractivity contribution in [2.45, 2.75) is 6.04 Å². The lowest BCUT2D eigenvalue weighted by molar-refractivity contribution is 0.378. The minimum atomic E-state index is -0.0430. The van der Waals surface area contributed by atoms with E-state index in [1.807, 2.05) is 37.4 Å². The van der Waals surface area contributed by atoms with E-state index in [0.29, 0.717) is 0 Å². The van der Waals surface area contributed by atoms with Crippen LogP contribution in [0, 0.1) is 0 Å². The normalized spacial score (nSPS) is 12.0. The third-order valence-electron chi connectivity index (χ3n) is 3.32. The van der Waals surface area contributed by atoms with Crippen LogP contribution < -0.4 is 14.8 Å². The summed E-state index contributed by atoms with van der Waals surface area (Å²) in [6, 6.07) is 11.9. The highest BCUT2D eigenvalue weighted by atomic mass is 79.9. The van der Waals surface area contributed by atoms with Gasteiger partial charge in [0.1, 0.15) is 11.5 Å². The monoisotopic (exact) mass is 413 g/mol. The van der Waals surface area contributed by atoms with Crippen LogP contribution >= 0.6 is 31.9 Å². The molecule has 0 aliphatic carbocycles. The number of nitrogens with one attached hydrogen (secondary N) is 1. The van der Waals surface area contributed by atoms with E-state index < -0.39 is 0 Å². The lowest BCUT2D eigenvalue weighted by Crippen LogP contribution is -2.19. The van der Waals surface area contributed by atoms with Gasteiger partial charge in [-0.1, -0.05) is 44.0 Å². The van der Waals surface area contributed by atoms with Crippen LogP contribution in [0.2, 0.25) is 0 Å². The van der Waals surface area contributed by atoms with Crippen molar-refractivity contribution < 1.29 is 9.47 Å². The molecule has 0 aliphatic rings. The highest BCUT2D eigenvalue weighted by Gasteiger charge is 2.23. The molecule has 5 heteroatoms. The van der Waals surface area contributed by atoms with Crippen LogP contribution in [0.15, 0.2) is 45.3 Å². The number of ether oxygens (including phenoxy) is 2. The summed E-state index contributed by atoms with van der Waals surface area (Å²) >= 11 is 7.11. The van der Waals surface area contributed by atoms with Crippen molar-refractivity contribution in [3.05, 3.63) is 56.5 Å². The highest BCUT2D eigenvalue weighted by Crippen LogP contribution is 2.39. The van der Waals surface area contributed by atoms with Gasteiger partial charge in [-0.05, 0) is 36.9 Å². The van der Waals surface area contributed by atoms with Gasteiger partial charge in [0, 0.05) is 8.95 Å². The molecule has 0 amide bonds. The second kappa shape index (κ2) is 7.29. The SMILES string of the molecule is CNC(c1ccc(Br)cc1Br)c1c(OC)cccc1OC. The van der Waals surface area contributed by atoms with Gasteiger partial charge in [0.15, 0.2) is 0 Å². The molecule has 0 heterocycles. The number of hydrogen-bond acceptors (Lipinski definition) is 3. The summed E-state index contributed by atoms with van der Waals surface area (Å²) in [4.78, 5) is 0. The third kappa shape index (κ3) is 3.42. The van der Waals surface area contributed by atoms with Crippen molar-refractivity contribution in [1.82, 2.24) is 5.32 Å². The molecule has 0 bridgehead atoms. The molecular formula is C16H17Br2NO2. The average molecular weight is 415 g/mol. The maximum atomic E-state index is 5.51. The second-order valence-electron chi connectivity index (χ2n) is 4.46. The van der Waals surface area contributed by atoms with Crippen molar-refractivity contribution in [2.75, 3.05) is 21.3 Å². The van der Waals surface area contributed by atoms with Crippen molar-refractivity contribution >= 4 is 31.9 Å². The van der Waals surface area contributed by atoms with Crippen LogP contribution in [0.25, 0.3) is 0 Å². The Hall–Kier alpha value is -1.04. The molecule has 0 saturated heterocycles. The first-order valence-electron chi connectivity index (χ1n) is 6.45. The smallest absolute Gasteiger partial charge is 0.127 e. The fourth-order valence-corrected chi connectivity index (χ4v) is 3.63. The summed E-state index contributed by atoms with van der Waals surface area (Å²) in [5.74, 6) is 1.59. The van der Waals surface area contributed by atoms with E-state index in [9.17, 15) is 0 Å². The number of rotatable bonds is 5. The van der Waals surface area contributed by atoms with E-state index in [1.165, 1.54) is 0 Å². The Kier molecular flexibility index (Phi) is 5.67. The van der Waals surface area contributed by atoms with Gasteiger partial charge in [0.05, 0.1) is 25.8 Å². The number of hydrogen-bond donors (Lipinski definition) is 1. The quantitative estimate of drug-likeness (QED) is 0.779. The van der Waals surface area contributed by atoms with Gasteiger partial charge < -0.3 is 14.8 Å². The predicted molar refractivity (Wildman–Crippen MR) is 92.3 cm³/mol. The molecule has 2 aromatic rings. The molecule has 1 unspecified atom stereocenters. The van der Waals surface area contributed by atoms with E-state index in [0.717, 1.165) is 31.6 Å². The minimum Gasteiger partial charge on any atom is -0.496 e. The first-order chi connectivity index (χ1) is 10.1. The summed E-state index contributed by atoms with van der Waals surface area (Å²) < 4.78 is 13.1. The predicted octanol–water partition coefficient (Wildman–Crippen LogP) is 4.54. The summed E-state index contributed by atoms with van der Waals surface area (Å²) in [5, 5.41) is 3.34. The largest absolute Gasteiger partial charge is 0.496 e. The van der Waals surface area contributed by atoms with Crippen molar-refractivity contribution in [3.63, 3.8) is 0 Å². The summed E-state index contributed by atoms with van der Waals surface area (Å²) in [7, 11) is 5.26. The van der Waals surface area contributed by atoms with Crippen LogP contribution in [0.1, 0.15) is 17.2 Å². The fourth-order valence-electron chi connectivity index (χ4n) is 2.36. The minimum absolute atomic E-state index is 0.0430. The molecule has 2 aromatic carbocycles. The van der Waals surface area contributed by atoms with Gasteiger partial charge in [0.25, 0.3) is 0 Å². The van der Waals surface area contributed by atoms with Crippen LogP contribution in [-0.2, 0) is 0 Å². The average Bonchev–Trinajstić information content (AvgIpc) is 2.49. The molecular weight excluding hydrogens is 398 g/mol. The molecule has 0 saturated carbocycles. The van der Waals surface area contributed by atoms with Gasteiger partial charge in [-0.15, -0.1) is 0 Å². The van der Waals surface area contributed by atoms with Crippen molar-refractivity contribution in [1.29, 1.82) is 0 Å². The maximum absolute atomic E-state index is 5.51. The van der Waals surface area contributed by atoms with E-state index in [1.54, 1.807) is 14.2 Å². The maximum Gasteiger partial charge on any atom is 0.127 e. The topological polar surface area (TPSA) is 30.5 Å². The standard InChI is InChI=1S/C16H17Br2NO2/c1-19-16(11-8-7-10(17)9-12(11)18)15-13(20-2)5-4-6-14(15)21-3/h4-9,16,19H,1-3H3. The molecule has 1 N–H and O–H groups in total. The van der Waals surface area contributed by atoms with E-state index in [2.05, 4.69) is 43.2 Å². The molecule has 0 fully saturated rings. The van der Waals surface area contributed by atoms with Crippen molar-refractivity contribution in [2.24, 2.45) is 0 Å². The molecule has 2 rings (SSSR count). The summed E-state index contributed by atoms with van der Waals surface area (Å²) in [6.07, 6.45) is 0. The van der Waals surface area contributed by atoms with Crippen LogP contribution in [0.3, 0.4) is 0 Å². The van der Waals surface area contributed by atoms with Crippen LogP contribution in [-0.4, -0.2) is 21.3 Å². The van der Waals surface area contributed by atoms with Gasteiger partial charge in [-0.25, -0.2) is 0 Å². The molecule has 0 aromatic heterocycles. The zero-order chi connectivity index (χ0) is 15.4. The van der Waals surface area contributed by atoms with E-state index >= 15 is 0 Å². The Labute approximate surface area is 141 Å². The molecule has 21 heavy (non-hydrogen) atoms. The summed E-state index contributed by atoms with van der Waals surface area (Å²) in [5.41, 5.74) is 2.09. The first kappa shape index (κ1) is 16.3. The zero-order valence-corrected chi connectivity index (χ0v) is 15.3. The second-order valence-corrected chi connectivity index (χ2v) is 6.23. The Morgan fingerprint density at radius 2 is 1.62 bits per heavy atom. The van der Waals surface area contributed by atoms with Crippen LogP contribution in [0.5, 0.6) is 11.5 Å². The van der Waals surface area contributed by atoms with E-state index in [-0.39, 0.29) is 6.04 Å². The Balaban J connectivity index is 2.61. The van der Waals surface area contributed by atoms with Crippen LogP contribution in [0.4, 0.5) is 0 Å². The number of halogens is 2. The lowest BCUT2D eigenvalue weighted by Gasteiger charge is -2.23. The molecule has 112 valence electrons. The van der Waals surface area contributed by atoms with Crippen molar-refractivity contribution in [3.8, 4) is 11.5 Å². The first-order valence-corrected chi connectivity index (χ1v) is 8.04.